The molecule has 1 amide bonds. The molecule has 0 radical (unpaired) electrons. The Balaban J connectivity index is 1.76. The lowest BCUT2D eigenvalue weighted by Crippen LogP contribution is -2.30. The molecule has 1 aromatic heterocycles. The Hall–Kier alpha value is -4.31. The molecule has 1 N–H and O–H groups in total. The number of carbonyl (C=O) groups excluding carboxylic acids is 2. The highest BCUT2D eigenvalue weighted by atomic mass is 32.2. The van der Waals surface area contributed by atoms with Crippen LogP contribution in [0.25, 0.3) is 16.6 Å². The number of benzene rings is 3. The molecule has 0 aliphatic carbocycles. The minimum Gasteiger partial charge on any atom is -0.497 e. The Morgan fingerprint density at radius 2 is 1.59 bits per heavy atom. The quantitative estimate of drug-likeness (QED) is 0.175. The van der Waals surface area contributed by atoms with Gasteiger partial charge in [-0.15, -0.1) is 0 Å². The predicted molar refractivity (Wildman–Crippen MR) is 151 cm³/mol. The maximum atomic E-state index is 13.7. The molecular weight excluding hydrogens is 518 g/mol. The normalized spacial score (nSPS) is 10.9. The molecule has 0 bridgehead atoms. The van der Waals surface area contributed by atoms with Crippen molar-refractivity contribution < 1.29 is 23.8 Å². The summed E-state index contributed by atoms with van der Waals surface area (Å²) in [5.41, 5.74) is 1.44. The van der Waals surface area contributed by atoms with E-state index in [1.54, 1.807) is 67.8 Å². The highest BCUT2D eigenvalue weighted by Crippen LogP contribution is 2.29. The number of amides is 1. The molecule has 39 heavy (non-hydrogen) atoms. The average Bonchev–Trinajstić information content (AvgIpc) is 2.95. The Morgan fingerprint density at radius 3 is 2.23 bits per heavy atom. The van der Waals surface area contributed by atoms with E-state index in [2.05, 4.69) is 5.32 Å². The third kappa shape index (κ3) is 6.06. The Kier molecular flexibility index (Phi) is 8.55. The summed E-state index contributed by atoms with van der Waals surface area (Å²) >= 11 is 1.13. The fourth-order valence-corrected chi connectivity index (χ4v) is 4.84. The van der Waals surface area contributed by atoms with Crippen molar-refractivity contribution >= 4 is 34.4 Å². The molecular formula is C29H29N3O6S. The number of aromatic nitrogens is 2. The van der Waals surface area contributed by atoms with Crippen LogP contribution >= 0.6 is 11.8 Å². The van der Waals surface area contributed by atoms with E-state index in [0.29, 0.717) is 50.1 Å². The van der Waals surface area contributed by atoms with Gasteiger partial charge in [-0.25, -0.2) is 4.98 Å². The maximum Gasteiger partial charge on any atom is 0.266 e. The minimum absolute atomic E-state index is 0.0110. The number of rotatable bonds is 10. The lowest BCUT2D eigenvalue weighted by Gasteiger charge is -2.14. The topological polar surface area (TPSA) is 109 Å². The highest BCUT2D eigenvalue weighted by molar-refractivity contribution is 7.99. The lowest BCUT2D eigenvalue weighted by molar-refractivity contribution is 0.0942. The summed E-state index contributed by atoms with van der Waals surface area (Å²) in [6.45, 7) is 3.74. The number of ketones is 1. The second-order valence-electron chi connectivity index (χ2n) is 8.87. The van der Waals surface area contributed by atoms with Crippen molar-refractivity contribution in [2.24, 2.45) is 0 Å². The molecule has 0 saturated carbocycles. The molecule has 0 unspecified atom stereocenters. The first kappa shape index (κ1) is 27.7. The number of hydrogen-bond donors (Lipinski definition) is 1. The van der Waals surface area contributed by atoms with Gasteiger partial charge in [-0.1, -0.05) is 11.8 Å². The summed E-state index contributed by atoms with van der Waals surface area (Å²) in [4.78, 5) is 44.1. The van der Waals surface area contributed by atoms with Crippen molar-refractivity contribution in [3.8, 4) is 22.9 Å². The summed E-state index contributed by atoms with van der Waals surface area (Å²) < 4.78 is 17.3. The summed E-state index contributed by atoms with van der Waals surface area (Å²) in [5.74, 6) is 1.17. The van der Waals surface area contributed by atoms with Gasteiger partial charge in [0.15, 0.2) is 22.4 Å². The summed E-state index contributed by atoms with van der Waals surface area (Å²) in [6.07, 6.45) is 0. The van der Waals surface area contributed by atoms with Crippen LogP contribution in [-0.4, -0.2) is 54.4 Å². The monoisotopic (exact) mass is 547 g/mol. The third-order valence-corrected chi connectivity index (χ3v) is 6.83. The first-order chi connectivity index (χ1) is 18.7. The number of nitrogens with one attached hydrogen (secondary N) is 1. The van der Waals surface area contributed by atoms with Gasteiger partial charge in [0, 0.05) is 17.2 Å². The van der Waals surface area contributed by atoms with Crippen molar-refractivity contribution in [2.75, 3.05) is 27.1 Å². The minimum atomic E-state index is -0.318. The van der Waals surface area contributed by atoms with Gasteiger partial charge in [0.05, 0.1) is 43.7 Å². The zero-order valence-electron chi connectivity index (χ0n) is 22.3. The average molecular weight is 548 g/mol. The van der Waals surface area contributed by atoms with Gasteiger partial charge in [-0.3, -0.25) is 19.0 Å². The molecule has 0 aliphatic rings. The molecule has 9 nitrogen and oxygen atoms in total. The van der Waals surface area contributed by atoms with Crippen molar-refractivity contribution in [1.29, 1.82) is 0 Å². The molecule has 4 aromatic rings. The van der Waals surface area contributed by atoms with Crippen molar-refractivity contribution in [3.05, 3.63) is 82.1 Å². The van der Waals surface area contributed by atoms with E-state index in [1.807, 2.05) is 13.8 Å². The number of Topliss-reactive ketones (excluding diaryl/α,β-unsaturated/α-hetero) is 1. The van der Waals surface area contributed by atoms with E-state index in [1.165, 1.54) is 18.8 Å². The number of methoxy groups -OCH3 is 3. The predicted octanol–water partition coefficient (Wildman–Crippen LogP) is 4.52. The molecule has 0 atom stereocenters. The fourth-order valence-electron chi connectivity index (χ4n) is 3.93. The molecule has 0 fully saturated rings. The molecule has 1 heterocycles. The number of hydrogen-bond acceptors (Lipinski definition) is 8. The van der Waals surface area contributed by atoms with Crippen LogP contribution in [-0.2, 0) is 0 Å². The molecule has 0 spiro atoms. The molecule has 10 heteroatoms. The van der Waals surface area contributed by atoms with Gasteiger partial charge >= 0.3 is 0 Å². The Bertz CT molecular complexity index is 1580. The third-order valence-electron chi connectivity index (χ3n) is 5.89. The molecule has 0 aliphatic heterocycles. The SMILES string of the molecule is COc1ccc(-n2c(SCC(=O)c3ccc(OC)c(OC)c3)nc3cc(C(=O)NC(C)C)ccc3c2=O)cc1. The number of fused-ring (bicyclic) bond motifs is 1. The molecule has 3 aromatic carbocycles. The smallest absolute Gasteiger partial charge is 0.266 e. The lowest BCUT2D eigenvalue weighted by atomic mass is 10.1. The summed E-state index contributed by atoms with van der Waals surface area (Å²) in [6, 6.07) is 16.7. The molecule has 4 rings (SSSR count). The zero-order valence-corrected chi connectivity index (χ0v) is 23.1. The first-order valence-corrected chi connectivity index (χ1v) is 13.1. The highest BCUT2D eigenvalue weighted by Gasteiger charge is 2.18. The summed E-state index contributed by atoms with van der Waals surface area (Å²) in [5, 5.41) is 3.51. The van der Waals surface area contributed by atoms with Crippen LogP contribution in [0.4, 0.5) is 0 Å². The van der Waals surface area contributed by atoms with E-state index in [-0.39, 0.29) is 29.0 Å². The standard InChI is InChI=1S/C29H29N3O6S/c1-17(2)30-27(34)19-6-12-22-23(14-19)31-29(32(28(22)35)20-8-10-21(36-3)11-9-20)39-16-24(33)18-7-13-25(37-4)26(15-18)38-5/h6-15,17H,16H2,1-5H3,(H,30,34). The van der Waals surface area contributed by atoms with Gasteiger partial charge in [-0.2, -0.15) is 0 Å². The second-order valence-corrected chi connectivity index (χ2v) is 9.82. The van der Waals surface area contributed by atoms with E-state index < -0.39 is 0 Å². The largest absolute Gasteiger partial charge is 0.497 e. The van der Waals surface area contributed by atoms with E-state index >= 15 is 0 Å². The molecule has 202 valence electrons. The van der Waals surface area contributed by atoms with Gasteiger partial charge < -0.3 is 19.5 Å². The van der Waals surface area contributed by atoms with Crippen LogP contribution in [0, 0.1) is 0 Å². The first-order valence-electron chi connectivity index (χ1n) is 12.2. The van der Waals surface area contributed by atoms with Crippen LogP contribution in [0.1, 0.15) is 34.6 Å². The van der Waals surface area contributed by atoms with Gasteiger partial charge in [0.2, 0.25) is 0 Å². The van der Waals surface area contributed by atoms with Crippen LogP contribution in [0.3, 0.4) is 0 Å². The van der Waals surface area contributed by atoms with Crippen LogP contribution < -0.4 is 25.1 Å². The van der Waals surface area contributed by atoms with Crippen molar-refractivity contribution in [1.82, 2.24) is 14.9 Å². The van der Waals surface area contributed by atoms with Crippen LogP contribution in [0.2, 0.25) is 0 Å². The number of thioether (sulfide) groups is 1. The number of ether oxygens (including phenoxy) is 3. The van der Waals surface area contributed by atoms with Crippen LogP contribution in [0.5, 0.6) is 17.2 Å². The number of nitrogens with zero attached hydrogens (tertiary/aromatic N) is 2. The number of carbonyl (C=O) groups is 2. The Labute approximate surface area is 230 Å². The summed E-state index contributed by atoms with van der Waals surface area (Å²) in [7, 11) is 4.59. The van der Waals surface area contributed by atoms with Crippen LogP contribution in [0.15, 0.2) is 70.6 Å². The van der Waals surface area contributed by atoms with Gasteiger partial charge in [0.25, 0.3) is 11.5 Å². The Morgan fingerprint density at radius 1 is 0.897 bits per heavy atom. The zero-order chi connectivity index (χ0) is 28.1. The maximum absolute atomic E-state index is 13.7. The molecule has 0 saturated heterocycles. The second kappa shape index (κ2) is 12.0. The van der Waals surface area contributed by atoms with Crippen molar-refractivity contribution in [3.63, 3.8) is 0 Å². The van der Waals surface area contributed by atoms with Gasteiger partial charge in [-0.05, 0) is 74.5 Å². The fraction of sp³-hybridized carbons (Fsp3) is 0.241. The van der Waals surface area contributed by atoms with E-state index in [4.69, 9.17) is 19.2 Å². The van der Waals surface area contributed by atoms with E-state index in [0.717, 1.165) is 11.8 Å². The van der Waals surface area contributed by atoms with Gasteiger partial charge in [0.1, 0.15) is 5.75 Å². The van der Waals surface area contributed by atoms with E-state index in [9.17, 15) is 14.4 Å². The van der Waals surface area contributed by atoms with Crippen molar-refractivity contribution in [2.45, 2.75) is 25.0 Å².